The summed E-state index contributed by atoms with van der Waals surface area (Å²) < 4.78 is 4.73. The van der Waals surface area contributed by atoms with E-state index in [1.807, 2.05) is 0 Å². The maximum atomic E-state index is 11.4. The minimum Gasteiger partial charge on any atom is -0.478 e. The first-order valence-corrected chi connectivity index (χ1v) is 4.22. The van der Waals surface area contributed by atoms with Gasteiger partial charge in [0, 0.05) is 0 Å². The number of carbonyl (C=O) groups is 2. The van der Waals surface area contributed by atoms with Crippen LogP contribution in [0.15, 0.2) is 36.6 Å². The molecular weight excluding hydrogens is 196 g/mol. The van der Waals surface area contributed by atoms with E-state index in [-0.39, 0.29) is 16.9 Å². The molecule has 0 saturated carbocycles. The molecule has 0 aliphatic carbocycles. The van der Waals surface area contributed by atoms with E-state index in [0.29, 0.717) is 0 Å². The van der Waals surface area contributed by atoms with Crippen LogP contribution in [-0.2, 0) is 4.74 Å². The van der Waals surface area contributed by atoms with E-state index >= 15 is 0 Å². The number of aromatic carboxylic acids is 1. The average Bonchev–Trinajstić information content (AvgIpc) is 2.16. The first-order chi connectivity index (χ1) is 7.02. The Bertz CT molecular complexity index is 420. The minimum absolute atomic E-state index is 0.0213. The second kappa shape index (κ2) is 4.41. The van der Waals surface area contributed by atoms with Crippen molar-refractivity contribution in [2.24, 2.45) is 0 Å². The second-order valence-corrected chi connectivity index (χ2v) is 2.94. The summed E-state index contributed by atoms with van der Waals surface area (Å²) in [6, 6.07) is 5.86. The van der Waals surface area contributed by atoms with Crippen molar-refractivity contribution in [1.29, 1.82) is 0 Å². The lowest BCUT2D eigenvalue weighted by Gasteiger charge is -2.05. The number of carbonyl (C=O) groups excluding carboxylic acids is 1. The molecule has 78 valence electrons. The molecule has 1 rings (SSSR count). The summed E-state index contributed by atoms with van der Waals surface area (Å²) >= 11 is 0. The zero-order valence-electron chi connectivity index (χ0n) is 8.19. The van der Waals surface area contributed by atoms with Crippen molar-refractivity contribution < 1.29 is 19.4 Å². The van der Waals surface area contributed by atoms with Crippen LogP contribution >= 0.6 is 0 Å². The molecule has 15 heavy (non-hydrogen) atoms. The van der Waals surface area contributed by atoms with Crippen LogP contribution in [0, 0.1) is 0 Å². The molecule has 1 aromatic rings. The molecule has 0 spiro atoms. The molecule has 0 aliphatic rings. The second-order valence-electron chi connectivity index (χ2n) is 2.94. The molecule has 0 radical (unpaired) electrons. The quantitative estimate of drug-likeness (QED) is 0.607. The molecule has 0 saturated heterocycles. The van der Waals surface area contributed by atoms with Crippen LogP contribution in [0.3, 0.4) is 0 Å². The number of esters is 1. The van der Waals surface area contributed by atoms with Crippen LogP contribution in [0.2, 0.25) is 0 Å². The van der Waals surface area contributed by atoms with Crippen molar-refractivity contribution in [3.63, 3.8) is 0 Å². The number of ether oxygens (including phenoxy) is 1. The van der Waals surface area contributed by atoms with E-state index in [9.17, 15) is 9.59 Å². The first-order valence-electron chi connectivity index (χ1n) is 4.22. The van der Waals surface area contributed by atoms with E-state index in [4.69, 9.17) is 9.84 Å². The van der Waals surface area contributed by atoms with Gasteiger partial charge in [0.25, 0.3) is 0 Å². The number of carboxylic acid groups (broad SMARTS) is 1. The van der Waals surface area contributed by atoms with Crippen LogP contribution < -0.4 is 0 Å². The van der Waals surface area contributed by atoms with Gasteiger partial charge in [-0.15, -0.1) is 0 Å². The Hall–Kier alpha value is -2.10. The molecule has 0 amide bonds. The highest BCUT2D eigenvalue weighted by molar-refractivity contribution is 6.02. The largest absolute Gasteiger partial charge is 0.478 e. The van der Waals surface area contributed by atoms with E-state index in [1.54, 1.807) is 12.1 Å². The fraction of sp³-hybridized carbons (Fsp3) is 0.0909. The van der Waals surface area contributed by atoms with E-state index in [2.05, 4.69) is 6.58 Å². The summed E-state index contributed by atoms with van der Waals surface area (Å²) in [7, 11) is 0. The summed E-state index contributed by atoms with van der Waals surface area (Å²) in [5, 5.41) is 8.82. The van der Waals surface area contributed by atoms with Crippen molar-refractivity contribution in [3.8, 4) is 0 Å². The van der Waals surface area contributed by atoms with Crippen LogP contribution in [0.25, 0.3) is 0 Å². The number of hydrogen-bond acceptors (Lipinski definition) is 3. The molecule has 0 unspecified atom stereocenters. The molecule has 4 heteroatoms. The molecule has 0 fully saturated rings. The third-order valence-electron chi connectivity index (χ3n) is 1.64. The smallest absolute Gasteiger partial charge is 0.344 e. The zero-order chi connectivity index (χ0) is 11.4. The van der Waals surface area contributed by atoms with Gasteiger partial charge in [-0.1, -0.05) is 18.7 Å². The summed E-state index contributed by atoms with van der Waals surface area (Å²) in [5.74, 6) is -1.65. The topological polar surface area (TPSA) is 63.6 Å². The Morgan fingerprint density at radius 1 is 1.27 bits per heavy atom. The summed E-state index contributed by atoms with van der Waals surface area (Å²) in [5.41, 5.74) is -0.0586. The third kappa shape index (κ3) is 2.67. The molecule has 0 aromatic heterocycles. The van der Waals surface area contributed by atoms with E-state index in [1.165, 1.54) is 19.1 Å². The number of rotatable bonds is 3. The number of hydrogen-bond donors (Lipinski definition) is 1. The lowest BCUT2D eigenvalue weighted by molar-refractivity contribution is 0.0605. The lowest BCUT2D eigenvalue weighted by Crippen LogP contribution is -2.10. The maximum Gasteiger partial charge on any atom is 0.344 e. The molecule has 0 aliphatic heterocycles. The van der Waals surface area contributed by atoms with Crippen molar-refractivity contribution >= 4 is 11.9 Å². The Balaban J connectivity index is 3.08. The highest BCUT2D eigenvalue weighted by Crippen LogP contribution is 2.11. The lowest BCUT2D eigenvalue weighted by atomic mass is 10.1. The highest BCUT2D eigenvalue weighted by Gasteiger charge is 2.16. The SMILES string of the molecule is C=C(C)OC(=O)c1ccccc1C(=O)O. The van der Waals surface area contributed by atoms with E-state index in [0.717, 1.165) is 0 Å². The van der Waals surface area contributed by atoms with Gasteiger partial charge < -0.3 is 9.84 Å². The van der Waals surface area contributed by atoms with Crippen LogP contribution in [0.4, 0.5) is 0 Å². The minimum atomic E-state index is -1.16. The van der Waals surface area contributed by atoms with Gasteiger partial charge in [0.1, 0.15) is 0 Å². The molecule has 1 aromatic carbocycles. The average molecular weight is 206 g/mol. The normalized spacial score (nSPS) is 9.40. The molecule has 1 N–H and O–H groups in total. The maximum absolute atomic E-state index is 11.4. The van der Waals surface area contributed by atoms with E-state index < -0.39 is 11.9 Å². The fourth-order valence-electron chi connectivity index (χ4n) is 1.06. The molecule has 0 atom stereocenters. The number of allylic oxidation sites excluding steroid dienone is 1. The fourth-order valence-corrected chi connectivity index (χ4v) is 1.06. The highest BCUT2D eigenvalue weighted by atomic mass is 16.5. The summed E-state index contributed by atoms with van der Waals surface area (Å²) in [6.07, 6.45) is 0. The van der Waals surface area contributed by atoms with Gasteiger partial charge in [0.05, 0.1) is 16.9 Å². The predicted octanol–water partition coefficient (Wildman–Crippen LogP) is 2.08. The van der Waals surface area contributed by atoms with Crippen LogP contribution in [-0.4, -0.2) is 17.0 Å². The van der Waals surface area contributed by atoms with Gasteiger partial charge in [-0.05, 0) is 19.1 Å². The third-order valence-corrected chi connectivity index (χ3v) is 1.64. The van der Waals surface area contributed by atoms with Crippen molar-refractivity contribution in [2.45, 2.75) is 6.92 Å². The van der Waals surface area contributed by atoms with Gasteiger partial charge in [-0.3, -0.25) is 0 Å². The van der Waals surface area contributed by atoms with Gasteiger partial charge in [0.2, 0.25) is 0 Å². The molecule has 4 nitrogen and oxygen atoms in total. The van der Waals surface area contributed by atoms with Crippen molar-refractivity contribution in [3.05, 3.63) is 47.7 Å². The Kier molecular flexibility index (Phi) is 3.23. The standard InChI is InChI=1S/C11H10O4/c1-7(2)15-11(14)9-6-4-3-5-8(9)10(12)13/h3-6H,1H2,2H3,(H,12,13). The van der Waals surface area contributed by atoms with Crippen LogP contribution in [0.5, 0.6) is 0 Å². The van der Waals surface area contributed by atoms with Crippen molar-refractivity contribution in [1.82, 2.24) is 0 Å². The Morgan fingerprint density at radius 3 is 2.27 bits per heavy atom. The summed E-state index contributed by atoms with van der Waals surface area (Å²) in [6.45, 7) is 4.92. The monoisotopic (exact) mass is 206 g/mol. The van der Waals surface area contributed by atoms with Gasteiger partial charge >= 0.3 is 11.9 Å². The molecule has 0 bridgehead atoms. The zero-order valence-corrected chi connectivity index (χ0v) is 8.19. The number of benzene rings is 1. The molecular formula is C11H10O4. The van der Waals surface area contributed by atoms with Gasteiger partial charge in [-0.2, -0.15) is 0 Å². The van der Waals surface area contributed by atoms with Gasteiger partial charge in [0.15, 0.2) is 0 Å². The first kappa shape index (κ1) is 11.0. The van der Waals surface area contributed by atoms with Crippen LogP contribution in [0.1, 0.15) is 27.6 Å². The molecule has 0 heterocycles. The number of carboxylic acids is 1. The summed E-state index contributed by atoms with van der Waals surface area (Å²) in [4.78, 5) is 22.2. The predicted molar refractivity (Wildman–Crippen MR) is 53.6 cm³/mol. The van der Waals surface area contributed by atoms with Gasteiger partial charge in [-0.25, -0.2) is 9.59 Å². The van der Waals surface area contributed by atoms with Crippen molar-refractivity contribution in [2.75, 3.05) is 0 Å². The Labute approximate surface area is 86.8 Å². The Morgan fingerprint density at radius 2 is 1.80 bits per heavy atom.